The number of nitrogen functional groups attached to an aromatic ring is 1. The lowest BCUT2D eigenvalue weighted by Crippen LogP contribution is -2.15. The number of anilines is 3. The molecule has 0 aromatic heterocycles. The first kappa shape index (κ1) is 14.2. The Morgan fingerprint density at radius 3 is 2.40 bits per heavy atom. The molecule has 5 nitrogen and oxygen atoms in total. The monoisotopic (exact) mass is 299 g/mol. The molecule has 0 spiro atoms. The minimum absolute atomic E-state index is 0.112. The molecule has 0 bridgehead atoms. The molecular formula is C12H11F2N3O2S. The molecule has 2 aromatic carbocycles. The van der Waals surface area contributed by atoms with Gasteiger partial charge in [0, 0.05) is 6.07 Å². The van der Waals surface area contributed by atoms with Gasteiger partial charge in [0.2, 0.25) is 10.0 Å². The Kier molecular flexibility index (Phi) is 3.60. The van der Waals surface area contributed by atoms with Gasteiger partial charge in [0.25, 0.3) is 0 Å². The Hall–Kier alpha value is -2.19. The summed E-state index contributed by atoms with van der Waals surface area (Å²) in [6, 6.07) is 6.86. The number of rotatable bonds is 3. The number of hydrogen-bond donors (Lipinski definition) is 3. The minimum atomic E-state index is -4.00. The van der Waals surface area contributed by atoms with Crippen molar-refractivity contribution in [3.05, 3.63) is 48.0 Å². The largest absolute Gasteiger partial charge is 0.396 e. The van der Waals surface area contributed by atoms with Crippen LogP contribution in [-0.2, 0) is 10.0 Å². The highest BCUT2D eigenvalue weighted by atomic mass is 32.2. The fraction of sp³-hybridized carbons (Fsp3) is 0. The molecule has 0 amide bonds. The second kappa shape index (κ2) is 5.06. The summed E-state index contributed by atoms with van der Waals surface area (Å²) < 4.78 is 49.2. The smallest absolute Gasteiger partial charge is 0.240 e. The van der Waals surface area contributed by atoms with Crippen LogP contribution in [0.15, 0.2) is 41.3 Å². The van der Waals surface area contributed by atoms with E-state index in [0.717, 1.165) is 18.2 Å². The van der Waals surface area contributed by atoms with Crippen LogP contribution in [0.3, 0.4) is 0 Å². The fourth-order valence-corrected chi connectivity index (χ4v) is 2.32. The van der Waals surface area contributed by atoms with Gasteiger partial charge in [0.1, 0.15) is 16.5 Å². The van der Waals surface area contributed by atoms with Crippen molar-refractivity contribution >= 4 is 27.1 Å². The summed E-state index contributed by atoms with van der Waals surface area (Å²) in [6.07, 6.45) is 0. The standard InChI is InChI=1S/C12H11F2N3O2S/c13-7-4-5-8(14)10(6-7)17-9-2-1-3-11(12(9)15)20(16,18)19/h1-6,17H,15H2,(H2,16,18,19). The Bertz CT molecular complexity index is 763. The van der Waals surface area contributed by atoms with E-state index < -0.39 is 21.7 Å². The van der Waals surface area contributed by atoms with Gasteiger partial charge in [-0.3, -0.25) is 0 Å². The SMILES string of the molecule is Nc1c(Nc2cc(F)ccc2F)cccc1S(N)(=O)=O. The van der Waals surface area contributed by atoms with Crippen molar-refractivity contribution in [3.63, 3.8) is 0 Å². The van der Waals surface area contributed by atoms with Crippen LogP contribution < -0.4 is 16.2 Å². The average molecular weight is 299 g/mol. The third-order valence-electron chi connectivity index (χ3n) is 2.57. The number of para-hydroxylation sites is 1. The summed E-state index contributed by atoms with van der Waals surface area (Å²) in [6.45, 7) is 0. The Morgan fingerprint density at radius 2 is 1.75 bits per heavy atom. The molecule has 0 aliphatic rings. The molecule has 0 unspecified atom stereocenters. The van der Waals surface area contributed by atoms with E-state index in [2.05, 4.69) is 5.32 Å². The summed E-state index contributed by atoms with van der Waals surface area (Å²) in [5, 5.41) is 7.54. The molecule has 0 aliphatic heterocycles. The topological polar surface area (TPSA) is 98.2 Å². The van der Waals surface area contributed by atoms with Gasteiger partial charge in [-0.15, -0.1) is 0 Å². The summed E-state index contributed by atoms with van der Waals surface area (Å²) in [4.78, 5) is -0.292. The molecule has 2 aromatic rings. The Morgan fingerprint density at radius 1 is 1.05 bits per heavy atom. The predicted octanol–water partition coefficient (Wildman–Crippen LogP) is 1.94. The molecule has 0 aliphatic carbocycles. The molecule has 0 saturated carbocycles. The van der Waals surface area contributed by atoms with Crippen molar-refractivity contribution in [2.24, 2.45) is 5.14 Å². The minimum Gasteiger partial charge on any atom is -0.396 e. The first-order valence-electron chi connectivity index (χ1n) is 5.42. The first-order valence-corrected chi connectivity index (χ1v) is 6.97. The van der Waals surface area contributed by atoms with Crippen LogP contribution >= 0.6 is 0 Å². The molecule has 106 valence electrons. The van der Waals surface area contributed by atoms with Crippen LogP contribution in [0, 0.1) is 11.6 Å². The van der Waals surface area contributed by atoms with Crippen LogP contribution in [0.5, 0.6) is 0 Å². The number of benzene rings is 2. The number of hydrogen-bond acceptors (Lipinski definition) is 4. The van der Waals surface area contributed by atoms with Gasteiger partial charge in [-0.05, 0) is 24.3 Å². The van der Waals surface area contributed by atoms with Crippen LogP contribution in [0.2, 0.25) is 0 Å². The molecule has 20 heavy (non-hydrogen) atoms. The summed E-state index contributed by atoms with van der Waals surface area (Å²) >= 11 is 0. The van der Waals surface area contributed by atoms with Gasteiger partial charge in [-0.25, -0.2) is 22.3 Å². The van der Waals surface area contributed by atoms with Crippen molar-refractivity contribution < 1.29 is 17.2 Å². The lowest BCUT2D eigenvalue weighted by atomic mass is 10.2. The van der Waals surface area contributed by atoms with Gasteiger partial charge >= 0.3 is 0 Å². The van der Waals surface area contributed by atoms with E-state index in [1.807, 2.05) is 0 Å². The van der Waals surface area contributed by atoms with Gasteiger partial charge < -0.3 is 11.1 Å². The molecule has 5 N–H and O–H groups in total. The van der Waals surface area contributed by atoms with Crippen LogP contribution in [-0.4, -0.2) is 8.42 Å². The maximum Gasteiger partial charge on any atom is 0.240 e. The molecule has 0 radical (unpaired) electrons. The van der Waals surface area contributed by atoms with E-state index in [9.17, 15) is 17.2 Å². The number of primary sulfonamides is 1. The number of nitrogens with one attached hydrogen (secondary N) is 1. The third-order valence-corrected chi connectivity index (χ3v) is 3.54. The van der Waals surface area contributed by atoms with E-state index in [0.29, 0.717) is 0 Å². The van der Waals surface area contributed by atoms with Crippen molar-refractivity contribution in [2.45, 2.75) is 4.90 Å². The lowest BCUT2D eigenvalue weighted by Gasteiger charge is -2.12. The highest BCUT2D eigenvalue weighted by molar-refractivity contribution is 7.89. The Labute approximate surface area is 114 Å². The van der Waals surface area contributed by atoms with E-state index in [1.165, 1.54) is 18.2 Å². The number of sulfonamides is 1. The van der Waals surface area contributed by atoms with E-state index in [1.54, 1.807) is 0 Å². The zero-order valence-electron chi connectivity index (χ0n) is 10.1. The summed E-state index contributed by atoms with van der Waals surface area (Å²) in [5.41, 5.74) is 5.45. The van der Waals surface area contributed by atoms with Gasteiger partial charge in [0.15, 0.2) is 0 Å². The van der Waals surface area contributed by atoms with E-state index >= 15 is 0 Å². The Balaban J connectivity index is 2.47. The molecule has 0 fully saturated rings. The number of halogens is 2. The second-order valence-electron chi connectivity index (χ2n) is 4.01. The van der Waals surface area contributed by atoms with Crippen LogP contribution in [0.25, 0.3) is 0 Å². The summed E-state index contributed by atoms with van der Waals surface area (Å²) in [7, 11) is -4.00. The molecule has 0 heterocycles. The second-order valence-corrected chi connectivity index (χ2v) is 5.54. The van der Waals surface area contributed by atoms with Crippen molar-refractivity contribution in [3.8, 4) is 0 Å². The molecule has 8 heteroatoms. The van der Waals surface area contributed by atoms with Crippen molar-refractivity contribution in [1.29, 1.82) is 0 Å². The maximum absolute atomic E-state index is 13.5. The summed E-state index contributed by atoms with van der Waals surface area (Å²) in [5.74, 6) is -1.35. The van der Waals surface area contributed by atoms with E-state index in [4.69, 9.17) is 10.9 Å². The fourth-order valence-electron chi connectivity index (χ4n) is 1.64. The number of nitrogens with two attached hydrogens (primary N) is 2. The van der Waals surface area contributed by atoms with Crippen LogP contribution in [0.1, 0.15) is 0 Å². The van der Waals surface area contributed by atoms with Gasteiger partial charge in [-0.1, -0.05) is 6.07 Å². The zero-order valence-corrected chi connectivity index (χ0v) is 10.9. The first-order chi connectivity index (χ1) is 9.29. The third kappa shape index (κ3) is 2.86. The lowest BCUT2D eigenvalue weighted by molar-refractivity contribution is 0.598. The van der Waals surface area contributed by atoms with Gasteiger partial charge in [-0.2, -0.15) is 0 Å². The molecule has 2 rings (SSSR count). The van der Waals surface area contributed by atoms with E-state index in [-0.39, 0.29) is 22.0 Å². The molecule has 0 atom stereocenters. The highest BCUT2D eigenvalue weighted by Gasteiger charge is 2.15. The highest BCUT2D eigenvalue weighted by Crippen LogP contribution is 2.29. The normalized spacial score (nSPS) is 11.3. The molecular weight excluding hydrogens is 288 g/mol. The maximum atomic E-state index is 13.5. The zero-order chi connectivity index (χ0) is 14.9. The molecule has 0 saturated heterocycles. The van der Waals surface area contributed by atoms with Gasteiger partial charge in [0.05, 0.1) is 17.1 Å². The quantitative estimate of drug-likeness (QED) is 0.754. The predicted molar refractivity (Wildman–Crippen MR) is 71.9 cm³/mol. The van der Waals surface area contributed by atoms with Crippen molar-refractivity contribution in [1.82, 2.24) is 0 Å². The van der Waals surface area contributed by atoms with Crippen molar-refractivity contribution in [2.75, 3.05) is 11.1 Å². The average Bonchev–Trinajstić information content (AvgIpc) is 2.35. The van der Waals surface area contributed by atoms with Crippen LogP contribution in [0.4, 0.5) is 25.8 Å².